The molecule has 1 N–H and O–H groups in total. The number of hydrogen-bond acceptors (Lipinski definition) is 2. The minimum atomic E-state index is 1.12. The van der Waals surface area contributed by atoms with Crippen molar-refractivity contribution >= 4 is 0 Å². The highest BCUT2D eigenvalue weighted by atomic mass is 15.4. The molecule has 2 aliphatic heterocycles. The van der Waals surface area contributed by atoms with Crippen molar-refractivity contribution in [1.82, 2.24) is 10.2 Å². The summed E-state index contributed by atoms with van der Waals surface area (Å²) in [5.41, 5.74) is 3.95. The van der Waals surface area contributed by atoms with Gasteiger partial charge in [-0.25, -0.2) is 0 Å². The Kier molecular flexibility index (Phi) is 1.54. The van der Waals surface area contributed by atoms with E-state index in [9.17, 15) is 0 Å². The fourth-order valence-corrected chi connectivity index (χ4v) is 1.18. The molecule has 2 heteroatoms. The minimum Gasteiger partial charge on any atom is -0.394 e. The lowest BCUT2D eigenvalue weighted by atomic mass is 10.2. The van der Waals surface area contributed by atoms with Crippen LogP contribution in [-0.4, -0.2) is 18.5 Å². The Balaban J connectivity index is 1.82. The molecule has 12 heavy (non-hydrogen) atoms. The highest BCUT2D eigenvalue weighted by Crippen LogP contribution is 2.50. The lowest BCUT2D eigenvalue weighted by Crippen LogP contribution is -1.90. The third-order valence-electron chi connectivity index (χ3n) is 2.00. The van der Waals surface area contributed by atoms with E-state index in [2.05, 4.69) is 16.8 Å². The second-order valence-electron chi connectivity index (χ2n) is 2.91. The van der Waals surface area contributed by atoms with Crippen molar-refractivity contribution in [2.75, 3.05) is 13.6 Å². The normalized spacial score (nSPS) is 18.9. The molecule has 0 radical (unpaired) electrons. The third-order valence-corrected chi connectivity index (χ3v) is 2.00. The van der Waals surface area contributed by atoms with Crippen molar-refractivity contribution < 1.29 is 0 Å². The Morgan fingerprint density at radius 2 is 2.33 bits per heavy atom. The van der Waals surface area contributed by atoms with Gasteiger partial charge in [-0.15, -0.1) is 0 Å². The van der Waals surface area contributed by atoms with Crippen LogP contribution in [0.5, 0.6) is 0 Å². The summed E-state index contributed by atoms with van der Waals surface area (Å²) >= 11 is 0. The van der Waals surface area contributed by atoms with E-state index >= 15 is 0 Å². The Labute approximate surface area is 72.6 Å². The van der Waals surface area contributed by atoms with Gasteiger partial charge in [0, 0.05) is 7.05 Å². The van der Waals surface area contributed by atoms with Crippen LogP contribution in [0.2, 0.25) is 0 Å². The first-order valence-corrected chi connectivity index (χ1v) is 4.05. The van der Waals surface area contributed by atoms with Gasteiger partial charge in [0.1, 0.15) is 0 Å². The van der Waals surface area contributed by atoms with Crippen LogP contribution in [0.4, 0.5) is 0 Å². The first kappa shape index (κ1) is 7.22. The molecule has 2 nitrogen and oxygen atoms in total. The molecule has 0 aliphatic carbocycles. The van der Waals surface area contributed by atoms with Crippen molar-refractivity contribution in [3.63, 3.8) is 0 Å². The summed E-state index contributed by atoms with van der Waals surface area (Å²) in [7, 11) is 1.88. The standard InChI is InChI=1S/C10H12N2/c1-8(5-3-4-6-11-2)10-9-7-12(9)10/h3-6,11H,1,7H2,2H3/b5-3-,6-4-. The quantitative estimate of drug-likeness (QED) is 0.493. The Morgan fingerprint density at radius 3 is 2.83 bits per heavy atom. The van der Waals surface area contributed by atoms with Crippen molar-refractivity contribution in [2.24, 2.45) is 0 Å². The maximum atomic E-state index is 3.95. The first-order chi connectivity index (χ1) is 5.84. The molecule has 2 heterocycles. The smallest absolute Gasteiger partial charge is 0.0698 e. The highest BCUT2D eigenvalue weighted by Gasteiger charge is 2.48. The predicted octanol–water partition coefficient (Wildman–Crippen LogP) is 1.37. The molecule has 0 bridgehead atoms. The number of fused-ring (bicyclic) bond motifs is 1. The molecule has 2 aliphatic rings. The van der Waals surface area contributed by atoms with E-state index in [1.165, 1.54) is 17.9 Å². The molecule has 1 fully saturated rings. The molecule has 0 spiro atoms. The second-order valence-corrected chi connectivity index (χ2v) is 2.91. The summed E-state index contributed by atoms with van der Waals surface area (Å²) in [6.45, 7) is 5.13. The van der Waals surface area contributed by atoms with Crippen molar-refractivity contribution in [3.05, 3.63) is 48.0 Å². The fraction of sp³-hybridized carbons (Fsp3) is 0.200. The molecule has 2 rings (SSSR count). The van der Waals surface area contributed by atoms with Crippen molar-refractivity contribution in [2.45, 2.75) is 0 Å². The SMILES string of the molecule is C=C(/C=C\C=C/NC)C1=C2CN21. The van der Waals surface area contributed by atoms with Gasteiger partial charge < -0.3 is 10.2 Å². The van der Waals surface area contributed by atoms with Crippen LogP contribution in [0.1, 0.15) is 0 Å². The Hall–Kier alpha value is -1.44. The van der Waals surface area contributed by atoms with E-state index in [0.29, 0.717) is 0 Å². The number of allylic oxidation sites excluding steroid dienone is 3. The van der Waals surface area contributed by atoms with Gasteiger partial charge in [-0.3, -0.25) is 0 Å². The van der Waals surface area contributed by atoms with Gasteiger partial charge in [0.25, 0.3) is 0 Å². The monoisotopic (exact) mass is 160 g/mol. The van der Waals surface area contributed by atoms with Gasteiger partial charge in [-0.05, 0) is 17.8 Å². The van der Waals surface area contributed by atoms with Crippen LogP contribution in [-0.2, 0) is 0 Å². The molecule has 0 amide bonds. The lowest BCUT2D eigenvalue weighted by Gasteiger charge is -1.93. The maximum Gasteiger partial charge on any atom is 0.0698 e. The lowest BCUT2D eigenvalue weighted by molar-refractivity contribution is 0.846. The van der Waals surface area contributed by atoms with Gasteiger partial charge in [-0.2, -0.15) is 0 Å². The minimum absolute atomic E-state index is 1.12. The molecular formula is C10H12N2. The Morgan fingerprint density at radius 1 is 1.58 bits per heavy atom. The summed E-state index contributed by atoms with van der Waals surface area (Å²) in [5.74, 6) is 0. The molecule has 0 aromatic carbocycles. The highest BCUT2D eigenvalue weighted by molar-refractivity contribution is 5.60. The van der Waals surface area contributed by atoms with Gasteiger partial charge >= 0.3 is 0 Å². The Bertz CT molecular complexity index is 308. The van der Waals surface area contributed by atoms with Crippen LogP contribution in [0, 0.1) is 0 Å². The van der Waals surface area contributed by atoms with Gasteiger partial charge in [0.15, 0.2) is 0 Å². The average Bonchev–Trinajstić information content (AvgIpc) is 2.85. The van der Waals surface area contributed by atoms with Crippen LogP contribution in [0.3, 0.4) is 0 Å². The van der Waals surface area contributed by atoms with Crippen LogP contribution in [0.25, 0.3) is 0 Å². The maximum absolute atomic E-state index is 3.95. The van der Waals surface area contributed by atoms with E-state index in [-0.39, 0.29) is 0 Å². The summed E-state index contributed by atoms with van der Waals surface area (Å²) < 4.78 is 0. The summed E-state index contributed by atoms with van der Waals surface area (Å²) in [6, 6.07) is 0. The number of hydrogen-bond donors (Lipinski definition) is 1. The van der Waals surface area contributed by atoms with Crippen LogP contribution < -0.4 is 5.32 Å². The molecule has 0 saturated carbocycles. The zero-order valence-electron chi connectivity index (χ0n) is 7.17. The number of nitrogens with one attached hydrogen (secondary N) is 1. The zero-order valence-corrected chi connectivity index (χ0v) is 7.17. The average molecular weight is 160 g/mol. The van der Waals surface area contributed by atoms with Gasteiger partial charge in [0.05, 0.1) is 17.9 Å². The molecule has 0 unspecified atom stereocenters. The van der Waals surface area contributed by atoms with E-state index in [1.807, 2.05) is 31.5 Å². The summed E-state index contributed by atoms with van der Waals surface area (Å²) in [6.07, 6.45) is 7.86. The van der Waals surface area contributed by atoms with Crippen molar-refractivity contribution in [3.8, 4) is 0 Å². The first-order valence-electron chi connectivity index (χ1n) is 4.05. The third kappa shape index (κ3) is 1.16. The van der Waals surface area contributed by atoms with E-state index in [4.69, 9.17) is 0 Å². The molecule has 0 aromatic rings. The summed E-state index contributed by atoms with van der Waals surface area (Å²) in [4.78, 5) is 2.26. The second kappa shape index (κ2) is 2.55. The number of rotatable bonds is 4. The van der Waals surface area contributed by atoms with E-state index in [0.717, 1.165) is 5.57 Å². The number of nitrogens with zero attached hydrogens (tertiary/aromatic N) is 1. The molecule has 1 saturated heterocycles. The van der Waals surface area contributed by atoms with E-state index < -0.39 is 0 Å². The van der Waals surface area contributed by atoms with Gasteiger partial charge in [0.2, 0.25) is 0 Å². The molecule has 62 valence electrons. The summed E-state index contributed by atoms with van der Waals surface area (Å²) in [5, 5.41) is 2.92. The van der Waals surface area contributed by atoms with Crippen molar-refractivity contribution in [1.29, 1.82) is 0 Å². The van der Waals surface area contributed by atoms with E-state index in [1.54, 1.807) is 0 Å². The van der Waals surface area contributed by atoms with Crippen LogP contribution >= 0.6 is 0 Å². The topological polar surface area (TPSA) is 15.0 Å². The van der Waals surface area contributed by atoms with Gasteiger partial charge in [-0.1, -0.05) is 18.7 Å². The fourth-order valence-electron chi connectivity index (χ4n) is 1.18. The molecule has 0 atom stereocenters. The molecular weight excluding hydrogens is 148 g/mol. The predicted molar refractivity (Wildman–Crippen MR) is 50.2 cm³/mol. The zero-order chi connectivity index (χ0) is 8.55. The molecule has 0 aromatic heterocycles. The van der Waals surface area contributed by atoms with Crippen LogP contribution in [0.15, 0.2) is 48.0 Å². The largest absolute Gasteiger partial charge is 0.394 e.